The van der Waals surface area contributed by atoms with Gasteiger partial charge in [0.15, 0.2) is 0 Å². The largest absolute Gasteiger partial charge is 0.478 e. The van der Waals surface area contributed by atoms with Crippen LogP contribution in [0.3, 0.4) is 0 Å². The smallest absolute Gasteiger partial charge is 0.416 e. The molecule has 2 aliphatic rings. The molecule has 0 aromatic heterocycles. The second kappa shape index (κ2) is 5.91. The maximum atomic E-state index is 13.4. The maximum Gasteiger partial charge on any atom is 0.416 e. The van der Waals surface area contributed by atoms with Gasteiger partial charge in [0.25, 0.3) is 0 Å². The average molecular weight is 357 g/mol. The molecule has 1 atom stereocenters. The molecular weight excluding hydrogens is 346 g/mol. The van der Waals surface area contributed by atoms with Gasteiger partial charge in [-0.1, -0.05) is 18.2 Å². The minimum atomic E-state index is -4.77. The number of carboxylic acids is 1. The first-order valence-corrected chi connectivity index (χ1v) is 7.11. The molecule has 2 aliphatic heterocycles. The van der Waals surface area contributed by atoms with Gasteiger partial charge in [-0.2, -0.15) is 13.2 Å². The molecule has 0 fully saturated rings. The van der Waals surface area contributed by atoms with Crippen molar-refractivity contribution in [2.75, 3.05) is 13.3 Å². The first-order chi connectivity index (χ1) is 11.8. The van der Waals surface area contributed by atoms with Gasteiger partial charge in [0.05, 0.1) is 34.0 Å². The minimum absolute atomic E-state index is 0.0737. The van der Waals surface area contributed by atoms with Crippen molar-refractivity contribution in [1.29, 1.82) is 0 Å². The van der Waals surface area contributed by atoms with E-state index in [4.69, 9.17) is 4.74 Å². The molecule has 1 aromatic carbocycles. The van der Waals surface area contributed by atoms with Crippen molar-refractivity contribution in [3.05, 3.63) is 57.9 Å². The van der Waals surface area contributed by atoms with Crippen LogP contribution in [0.25, 0.3) is 0 Å². The van der Waals surface area contributed by atoms with Gasteiger partial charge in [-0.05, 0) is 11.6 Å². The first kappa shape index (κ1) is 17.0. The third kappa shape index (κ3) is 2.75. The summed E-state index contributed by atoms with van der Waals surface area (Å²) in [5.41, 5.74) is -2.74. The highest BCUT2D eigenvalue weighted by Crippen LogP contribution is 2.45. The fourth-order valence-electron chi connectivity index (χ4n) is 3.06. The Hall–Kier alpha value is -2.84. The number of aliphatic carboxylic acids is 1. The van der Waals surface area contributed by atoms with E-state index in [1.165, 1.54) is 6.07 Å². The van der Waals surface area contributed by atoms with Gasteiger partial charge in [0.2, 0.25) is 0 Å². The summed E-state index contributed by atoms with van der Waals surface area (Å²) in [6.07, 6.45) is -4.77. The predicted octanol–water partition coefficient (Wildman–Crippen LogP) is 2.51. The molecule has 0 aliphatic carbocycles. The van der Waals surface area contributed by atoms with Crippen LogP contribution in [0.5, 0.6) is 0 Å². The minimum Gasteiger partial charge on any atom is -0.478 e. The quantitative estimate of drug-likeness (QED) is 0.642. The number of esters is 1. The number of carbonyl (C=O) groups is 2. The Morgan fingerprint density at radius 2 is 2.00 bits per heavy atom. The highest BCUT2D eigenvalue weighted by Gasteiger charge is 2.45. The van der Waals surface area contributed by atoms with E-state index in [9.17, 15) is 32.3 Å². The molecule has 0 saturated carbocycles. The Balaban J connectivity index is 2.29. The lowest BCUT2D eigenvalue weighted by molar-refractivity contribution is -0.140. The highest BCUT2D eigenvalue weighted by atomic mass is 19.4. The fourth-order valence-corrected chi connectivity index (χ4v) is 3.06. The number of hydrogen-bond acceptors (Lipinski definition) is 4. The van der Waals surface area contributed by atoms with Crippen LogP contribution >= 0.6 is 0 Å². The number of nitrogens with one attached hydrogen (secondary N) is 1. The molecule has 2 heterocycles. The van der Waals surface area contributed by atoms with Crippen molar-refractivity contribution in [2.45, 2.75) is 12.1 Å². The van der Waals surface area contributed by atoms with Crippen molar-refractivity contribution < 1.29 is 37.0 Å². The average Bonchev–Trinajstić information content (AvgIpc) is 2.93. The zero-order valence-corrected chi connectivity index (χ0v) is 12.5. The lowest BCUT2D eigenvalue weighted by atomic mass is 9.79. The van der Waals surface area contributed by atoms with E-state index in [-0.39, 0.29) is 17.9 Å². The summed E-state index contributed by atoms with van der Waals surface area (Å²) in [5.74, 6) is -4.12. The molecule has 2 N–H and O–H groups in total. The van der Waals surface area contributed by atoms with Crippen molar-refractivity contribution >= 4 is 11.9 Å². The fraction of sp³-hybridized carbons (Fsp3) is 0.250. The number of cyclic esters (lactones) is 1. The second-order valence-electron chi connectivity index (χ2n) is 5.44. The van der Waals surface area contributed by atoms with E-state index in [2.05, 4.69) is 5.32 Å². The number of benzene rings is 1. The van der Waals surface area contributed by atoms with Crippen LogP contribution in [-0.4, -0.2) is 30.3 Å². The molecule has 9 heteroatoms. The standard InChI is InChI=1S/C16H11F4NO4/c17-5-9-12(14(22)23)11(13-10(21-9)6-25-15(13)24)7-3-1-2-4-8(7)16(18,19)20/h1-4,11,21H,5-6H2,(H,22,23)/t11-/m1/s1. The number of ether oxygens (including phenoxy) is 1. The van der Waals surface area contributed by atoms with Gasteiger partial charge >= 0.3 is 18.1 Å². The van der Waals surface area contributed by atoms with Crippen molar-refractivity contribution in [3.63, 3.8) is 0 Å². The molecule has 132 valence electrons. The Bertz CT molecular complexity index is 826. The SMILES string of the molecule is O=C(O)C1=C(CF)NC2=C(C(=O)OC2)[C@@H]1c1ccccc1C(F)(F)F. The van der Waals surface area contributed by atoms with Gasteiger partial charge in [0.1, 0.15) is 13.3 Å². The molecular formula is C16H11F4NO4. The number of carbonyl (C=O) groups excluding carboxylic acids is 1. The molecule has 1 aromatic rings. The van der Waals surface area contributed by atoms with Gasteiger partial charge < -0.3 is 15.2 Å². The van der Waals surface area contributed by atoms with E-state index in [0.29, 0.717) is 0 Å². The summed E-state index contributed by atoms with van der Waals surface area (Å²) in [7, 11) is 0. The van der Waals surface area contributed by atoms with Crippen LogP contribution in [0, 0.1) is 0 Å². The van der Waals surface area contributed by atoms with E-state index in [1.54, 1.807) is 0 Å². The Labute approximate surface area is 138 Å². The normalized spacial score (nSPS) is 20.3. The lowest BCUT2D eigenvalue weighted by Crippen LogP contribution is -2.32. The van der Waals surface area contributed by atoms with E-state index in [0.717, 1.165) is 18.2 Å². The Kier molecular flexibility index (Phi) is 4.02. The zero-order chi connectivity index (χ0) is 18.4. The summed E-state index contributed by atoms with van der Waals surface area (Å²) in [5, 5.41) is 11.9. The summed E-state index contributed by atoms with van der Waals surface area (Å²) in [6.45, 7) is -1.52. The number of alkyl halides is 4. The molecule has 0 bridgehead atoms. The van der Waals surface area contributed by atoms with Crippen LogP contribution < -0.4 is 5.32 Å². The molecule has 0 spiro atoms. The number of hydrogen-bond donors (Lipinski definition) is 2. The molecule has 3 rings (SSSR count). The highest BCUT2D eigenvalue weighted by molar-refractivity contribution is 6.00. The molecule has 25 heavy (non-hydrogen) atoms. The number of dihydropyridines is 1. The van der Waals surface area contributed by atoms with Gasteiger partial charge in [0, 0.05) is 0 Å². The number of allylic oxidation sites excluding steroid dienone is 1. The number of halogens is 4. The van der Waals surface area contributed by atoms with Crippen molar-refractivity contribution in [1.82, 2.24) is 5.32 Å². The zero-order valence-electron chi connectivity index (χ0n) is 12.5. The summed E-state index contributed by atoms with van der Waals surface area (Å²) in [6, 6.07) is 4.30. The molecule has 0 unspecified atom stereocenters. The lowest BCUT2D eigenvalue weighted by Gasteiger charge is -2.28. The van der Waals surface area contributed by atoms with E-state index >= 15 is 0 Å². The molecule has 0 amide bonds. The number of carboxylic acid groups (broad SMARTS) is 1. The number of rotatable bonds is 3. The van der Waals surface area contributed by atoms with E-state index < -0.39 is 53.1 Å². The second-order valence-corrected chi connectivity index (χ2v) is 5.44. The van der Waals surface area contributed by atoms with Crippen LogP contribution in [0.15, 0.2) is 46.8 Å². The summed E-state index contributed by atoms with van der Waals surface area (Å²) in [4.78, 5) is 23.6. The van der Waals surface area contributed by atoms with Crippen LogP contribution in [0.1, 0.15) is 17.0 Å². The van der Waals surface area contributed by atoms with Crippen LogP contribution in [-0.2, 0) is 20.5 Å². The summed E-state index contributed by atoms with van der Waals surface area (Å²) >= 11 is 0. The molecule has 5 nitrogen and oxygen atoms in total. The van der Waals surface area contributed by atoms with Crippen molar-refractivity contribution in [2.24, 2.45) is 0 Å². The Morgan fingerprint density at radius 3 is 2.60 bits per heavy atom. The molecule has 0 radical (unpaired) electrons. The summed E-state index contributed by atoms with van der Waals surface area (Å²) < 4.78 is 58.2. The van der Waals surface area contributed by atoms with E-state index in [1.807, 2.05) is 0 Å². The Morgan fingerprint density at radius 1 is 1.32 bits per heavy atom. The third-order valence-corrected chi connectivity index (χ3v) is 4.04. The predicted molar refractivity (Wildman–Crippen MR) is 75.9 cm³/mol. The van der Waals surface area contributed by atoms with Crippen LogP contribution in [0.4, 0.5) is 17.6 Å². The van der Waals surface area contributed by atoms with Gasteiger partial charge in [-0.25, -0.2) is 14.0 Å². The van der Waals surface area contributed by atoms with Crippen molar-refractivity contribution in [3.8, 4) is 0 Å². The maximum absolute atomic E-state index is 13.4. The molecule has 0 saturated heterocycles. The monoisotopic (exact) mass is 357 g/mol. The first-order valence-electron chi connectivity index (χ1n) is 7.11. The topological polar surface area (TPSA) is 75.6 Å². The van der Waals surface area contributed by atoms with Gasteiger partial charge in [-0.15, -0.1) is 0 Å². The van der Waals surface area contributed by atoms with Gasteiger partial charge in [-0.3, -0.25) is 0 Å². The van der Waals surface area contributed by atoms with Crippen LogP contribution in [0.2, 0.25) is 0 Å². The third-order valence-electron chi connectivity index (χ3n) is 4.04.